The van der Waals surface area contributed by atoms with Gasteiger partial charge in [-0.15, -0.1) is 0 Å². The molecule has 2 N–H and O–H groups in total. The molecule has 0 bridgehead atoms. The first kappa shape index (κ1) is 13.1. The van der Waals surface area contributed by atoms with E-state index in [1.165, 1.54) is 12.0 Å². The van der Waals surface area contributed by atoms with E-state index in [-0.39, 0.29) is 5.41 Å². The highest BCUT2D eigenvalue weighted by Gasteiger charge is 2.27. The molecule has 16 heavy (non-hydrogen) atoms. The largest absolute Gasteiger partial charge is 0.398 e. The van der Waals surface area contributed by atoms with Crippen molar-refractivity contribution < 1.29 is 0 Å². The molecule has 0 aliphatic heterocycles. The number of hydrogen-bond acceptors (Lipinski definition) is 1. The van der Waals surface area contributed by atoms with Crippen molar-refractivity contribution in [2.45, 2.75) is 47.0 Å². The molecule has 0 saturated heterocycles. The van der Waals surface area contributed by atoms with Crippen molar-refractivity contribution in [2.75, 3.05) is 5.73 Å². The van der Waals surface area contributed by atoms with Gasteiger partial charge in [0.25, 0.3) is 0 Å². The predicted molar refractivity (Wildman–Crippen MR) is 72.5 cm³/mol. The normalized spacial score (nSPS) is 14.1. The molecule has 0 fully saturated rings. The minimum atomic E-state index is 0.264. The molecule has 0 amide bonds. The van der Waals surface area contributed by atoms with Gasteiger partial charge in [-0.2, -0.15) is 0 Å². The average molecular weight is 219 g/mol. The van der Waals surface area contributed by atoms with Gasteiger partial charge in [0.15, 0.2) is 0 Å². The molecule has 0 aliphatic rings. The SMILES string of the molecule is CC(C)CC(c1ccccc1N)C(C)(C)C. The Morgan fingerprint density at radius 2 is 1.69 bits per heavy atom. The van der Waals surface area contributed by atoms with Crippen LogP contribution in [0.25, 0.3) is 0 Å². The number of anilines is 1. The lowest BCUT2D eigenvalue weighted by Gasteiger charge is -2.33. The Morgan fingerprint density at radius 3 is 2.12 bits per heavy atom. The van der Waals surface area contributed by atoms with E-state index >= 15 is 0 Å². The van der Waals surface area contributed by atoms with Gasteiger partial charge in [-0.3, -0.25) is 0 Å². The second kappa shape index (κ2) is 4.90. The standard InChI is InChI=1S/C15H25N/c1-11(2)10-13(15(3,4)5)12-8-6-7-9-14(12)16/h6-9,11,13H,10,16H2,1-5H3. The molecule has 1 unspecified atom stereocenters. The molecule has 0 saturated carbocycles. The van der Waals surface area contributed by atoms with Crippen molar-refractivity contribution in [2.24, 2.45) is 11.3 Å². The van der Waals surface area contributed by atoms with E-state index in [0.29, 0.717) is 11.8 Å². The van der Waals surface area contributed by atoms with Crippen LogP contribution in [-0.4, -0.2) is 0 Å². The van der Waals surface area contributed by atoms with Crippen LogP contribution in [0, 0.1) is 11.3 Å². The minimum absolute atomic E-state index is 0.264. The maximum absolute atomic E-state index is 6.09. The smallest absolute Gasteiger partial charge is 0.0349 e. The molecule has 90 valence electrons. The average Bonchev–Trinajstić information content (AvgIpc) is 2.13. The van der Waals surface area contributed by atoms with E-state index in [4.69, 9.17) is 5.73 Å². The van der Waals surface area contributed by atoms with Crippen LogP contribution < -0.4 is 5.73 Å². The number of rotatable bonds is 3. The Hall–Kier alpha value is -0.980. The third-order valence-electron chi connectivity index (χ3n) is 3.12. The number of nitrogen functional groups attached to an aromatic ring is 1. The summed E-state index contributed by atoms with van der Waals surface area (Å²) in [6.07, 6.45) is 1.19. The van der Waals surface area contributed by atoms with E-state index in [9.17, 15) is 0 Å². The Labute approximate surface area is 100 Å². The van der Waals surface area contributed by atoms with Crippen molar-refractivity contribution >= 4 is 5.69 Å². The van der Waals surface area contributed by atoms with Gasteiger partial charge in [-0.05, 0) is 35.3 Å². The highest BCUT2D eigenvalue weighted by atomic mass is 14.6. The molecule has 0 heterocycles. The van der Waals surface area contributed by atoms with Crippen molar-refractivity contribution in [1.29, 1.82) is 0 Å². The van der Waals surface area contributed by atoms with E-state index in [1.807, 2.05) is 12.1 Å². The summed E-state index contributed by atoms with van der Waals surface area (Å²) >= 11 is 0. The van der Waals surface area contributed by atoms with Gasteiger partial charge >= 0.3 is 0 Å². The molecule has 1 nitrogen and oxygen atoms in total. The second-order valence-corrected chi connectivity index (χ2v) is 6.18. The summed E-state index contributed by atoms with van der Waals surface area (Å²) in [5.74, 6) is 1.23. The lowest BCUT2D eigenvalue weighted by atomic mass is 9.72. The summed E-state index contributed by atoms with van der Waals surface area (Å²) in [7, 11) is 0. The second-order valence-electron chi connectivity index (χ2n) is 6.18. The third kappa shape index (κ3) is 3.26. The molecule has 1 atom stereocenters. The molecule has 0 aromatic heterocycles. The van der Waals surface area contributed by atoms with Crippen molar-refractivity contribution in [3.63, 3.8) is 0 Å². The fourth-order valence-corrected chi connectivity index (χ4v) is 2.25. The van der Waals surface area contributed by atoms with Crippen molar-refractivity contribution in [3.05, 3.63) is 29.8 Å². The Morgan fingerprint density at radius 1 is 1.12 bits per heavy atom. The monoisotopic (exact) mass is 219 g/mol. The molecule has 0 aliphatic carbocycles. The van der Waals surface area contributed by atoms with Crippen LogP contribution in [0.15, 0.2) is 24.3 Å². The summed E-state index contributed by atoms with van der Waals surface area (Å²) < 4.78 is 0. The molecule has 0 radical (unpaired) electrons. The molecule has 1 aromatic carbocycles. The molecule has 1 rings (SSSR count). The van der Waals surface area contributed by atoms with E-state index in [0.717, 1.165) is 5.69 Å². The summed E-state index contributed by atoms with van der Waals surface area (Å²) in [5, 5.41) is 0. The van der Waals surface area contributed by atoms with E-state index in [2.05, 4.69) is 46.8 Å². The van der Waals surface area contributed by atoms with Gasteiger partial charge in [0.1, 0.15) is 0 Å². The van der Waals surface area contributed by atoms with Crippen LogP contribution in [0.5, 0.6) is 0 Å². The molecule has 1 aromatic rings. The maximum Gasteiger partial charge on any atom is 0.0349 e. The van der Waals surface area contributed by atoms with Crippen LogP contribution >= 0.6 is 0 Å². The first-order chi connectivity index (χ1) is 7.32. The highest BCUT2D eigenvalue weighted by Crippen LogP contribution is 2.41. The Bertz CT molecular complexity index is 334. The molecular formula is C15H25N. The summed E-state index contributed by atoms with van der Waals surface area (Å²) in [4.78, 5) is 0. The summed E-state index contributed by atoms with van der Waals surface area (Å²) in [6.45, 7) is 11.4. The summed E-state index contributed by atoms with van der Waals surface area (Å²) in [6, 6.07) is 8.28. The topological polar surface area (TPSA) is 26.0 Å². The van der Waals surface area contributed by atoms with Gasteiger partial charge in [-0.25, -0.2) is 0 Å². The van der Waals surface area contributed by atoms with Crippen LogP contribution in [0.4, 0.5) is 5.69 Å². The molecule has 1 heteroatoms. The zero-order valence-corrected chi connectivity index (χ0v) is 11.2. The zero-order chi connectivity index (χ0) is 12.3. The Balaban J connectivity index is 3.07. The zero-order valence-electron chi connectivity index (χ0n) is 11.2. The first-order valence-corrected chi connectivity index (χ1v) is 6.16. The summed E-state index contributed by atoms with van der Waals surface area (Å²) in [5.41, 5.74) is 8.60. The first-order valence-electron chi connectivity index (χ1n) is 6.16. The van der Waals surface area contributed by atoms with Crippen LogP contribution in [0.1, 0.15) is 52.5 Å². The van der Waals surface area contributed by atoms with Crippen LogP contribution in [0.2, 0.25) is 0 Å². The van der Waals surface area contributed by atoms with Crippen molar-refractivity contribution in [3.8, 4) is 0 Å². The number of hydrogen-bond donors (Lipinski definition) is 1. The Kier molecular flexibility index (Phi) is 4.01. The maximum atomic E-state index is 6.09. The van der Waals surface area contributed by atoms with E-state index < -0.39 is 0 Å². The van der Waals surface area contributed by atoms with Crippen LogP contribution in [-0.2, 0) is 0 Å². The van der Waals surface area contributed by atoms with Gasteiger partial charge in [0, 0.05) is 5.69 Å². The number of nitrogens with two attached hydrogens (primary N) is 1. The molecular weight excluding hydrogens is 194 g/mol. The minimum Gasteiger partial charge on any atom is -0.398 e. The number of benzene rings is 1. The fourth-order valence-electron chi connectivity index (χ4n) is 2.25. The highest BCUT2D eigenvalue weighted by molar-refractivity contribution is 5.49. The van der Waals surface area contributed by atoms with Crippen LogP contribution in [0.3, 0.4) is 0 Å². The van der Waals surface area contributed by atoms with E-state index in [1.54, 1.807) is 0 Å². The fraction of sp³-hybridized carbons (Fsp3) is 0.600. The lowest BCUT2D eigenvalue weighted by molar-refractivity contribution is 0.280. The van der Waals surface area contributed by atoms with Crippen molar-refractivity contribution in [1.82, 2.24) is 0 Å². The molecule has 0 spiro atoms. The quantitative estimate of drug-likeness (QED) is 0.747. The van der Waals surface area contributed by atoms with Gasteiger partial charge in [0.05, 0.1) is 0 Å². The lowest BCUT2D eigenvalue weighted by Crippen LogP contribution is -2.21. The predicted octanol–water partition coefficient (Wildman–Crippen LogP) is 4.44. The van der Waals surface area contributed by atoms with Gasteiger partial charge in [-0.1, -0.05) is 52.8 Å². The van der Waals surface area contributed by atoms with Gasteiger partial charge in [0.2, 0.25) is 0 Å². The third-order valence-corrected chi connectivity index (χ3v) is 3.12. The number of para-hydroxylation sites is 1. The van der Waals surface area contributed by atoms with Gasteiger partial charge < -0.3 is 5.73 Å².